The smallest absolute Gasteiger partial charge is 0.488 e. The monoisotopic (exact) mass is 318 g/mol. The van der Waals surface area contributed by atoms with Crippen molar-refractivity contribution in [3.05, 3.63) is 23.8 Å². The Labute approximate surface area is 139 Å². The van der Waals surface area contributed by atoms with Gasteiger partial charge in [0.2, 0.25) is 0 Å². The van der Waals surface area contributed by atoms with Crippen LogP contribution in [-0.4, -0.2) is 37.6 Å². The second-order valence-corrected chi connectivity index (χ2v) is 7.57. The van der Waals surface area contributed by atoms with Crippen LogP contribution in [0.15, 0.2) is 18.2 Å². The van der Waals surface area contributed by atoms with E-state index < -0.39 is 0 Å². The van der Waals surface area contributed by atoms with Gasteiger partial charge in [-0.05, 0) is 64.6 Å². The summed E-state index contributed by atoms with van der Waals surface area (Å²) in [6, 6.07) is 6.15. The van der Waals surface area contributed by atoms with Crippen LogP contribution in [-0.2, 0) is 14.0 Å². The van der Waals surface area contributed by atoms with Crippen molar-refractivity contribution < 1.29 is 18.8 Å². The van der Waals surface area contributed by atoms with Crippen molar-refractivity contribution in [3.63, 3.8) is 0 Å². The zero-order chi connectivity index (χ0) is 16.7. The molecule has 5 heteroatoms. The Bertz CT molecular complexity index is 548. The zero-order valence-electron chi connectivity index (χ0n) is 14.8. The lowest BCUT2D eigenvalue weighted by molar-refractivity contribution is 0.00578. The van der Waals surface area contributed by atoms with Gasteiger partial charge >= 0.3 is 7.12 Å². The minimum atomic E-state index is -0.328. The molecule has 3 rings (SSSR count). The molecule has 1 aromatic rings. The molecule has 2 aliphatic rings. The standard InChI is InChI=1S/C18H27BO4/c1-13-11-14(19-22-17(2,3)18(4,5)23-19)8-9-16(13)21-15-7-6-10-20-12-15/h8-9,11,15H,6-7,10,12H2,1-5H3. The van der Waals surface area contributed by atoms with Gasteiger partial charge in [0, 0.05) is 6.61 Å². The Morgan fingerprint density at radius 3 is 2.39 bits per heavy atom. The summed E-state index contributed by atoms with van der Waals surface area (Å²) in [7, 11) is -0.328. The molecule has 2 fully saturated rings. The Morgan fingerprint density at radius 2 is 1.83 bits per heavy atom. The molecule has 0 aliphatic carbocycles. The molecule has 0 bridgehead atoms. The molecular formula is C18H27BO4. The van der Waals surface area contributed by atoms with E-state index >= 15 is 0 Å². The number of benzene rings is 1. The van der Waals surface area contributed by atoms with Gasteiger partial charge in [0.25, 0.3) is 0 Å². The van der Waals surface area contributed by atoms with Crippen molar-refractivity contribution in [1.29, 1.82) is 0 Å². The second-order valence-electron chi connectivity index (χ2n) is 7.57. The third-order valence-electron chi connectivity index (χ3n) is 5.14. The summed E-state index contributed by atoms with van der Waals surface area (Å²) in [5.74, 6) is 0.917. The Hall–Kier alpha value is -1.04. The number of ether oxygens (including phenoxy) is 2. The fourth-order valence-corrected chi connectivity index (χ4v) is 2.91. The zero-order valence-corrected chi connectivity index (χ0v) is 14.8. The van der Waals surface area contributed by atoms with Crippen molar-refractivity contribution in [1.82, 2.24) is 0 Å². The summed E-state index contributed by atoms with van der Waals surface area (Å²) in [6.45, 7) is 11.9. The first-order chi connectivity index (χ1) is 10.8. The van der Waals surface area contributed by atoms with Crippen LogP contribution in [0.3, 0.4) is 0 Å². The molecular weight excluding hydrogens is 291 g/mol. The molecule has 1 atom stereocenters. The lowest BCUT2D eigenvalue weighted by atomic mass is 9.78. The molecule has 2 heterocycles. The van der Waals surface area contributed by atoms with E-state index in [1.807, 2.05) is 12.1 Å². The topological polar surface area (TPSA) is 36.9 Å². The molecule has 0 N–H and O–H groups in total. The maximum Gasteiger partial charge on any atom is 0.494 e. The van der Waals surface area contributed by atoms with E-state index in [4.69, 9.17) is 18.8 Å². The van der Waals surface area contributed by atoms with Gasteiger partial charge in [0.1, 0.15) is 11.9 Å². The first kappa shape index (κ1) is 16.8. The predicted octanol–water partition coefficient (Wildman–Crippen LogP) is 2.85. The summed E-state index contributed by atoms with van der Waals surface area (Å²) < 4.78 is 23.8. The van der Waals surface area contributed by atoms with Crippen LogP contribution in [0.2, 0.25) is 0 Å². The molecule has 0 radical (unpaired) electrons. The predicted molar refractivity (Wildman–Crippen MR) is 91.4 cm³/mol. The normalized spacial score (nSPS) is 26.3. The quantitative estimate of drug-likeness (QED) is 0.803. The van der Waals surface area contributed by atoms with Gasteiger partial charge in [0.05, 0.1) is 17.8 Å². The maximum absolute atomic E-state index is 6.11. The van der Waals surface area contributed by atoms with E-state index in [1.165, 1.54) is 0 Å². The Kier molecular flexibility index (Phi) is 4.47. The summed E-state index contributed by atoms with van der Waals surface area (Å²) in [4.78, 5) is 0. The first-order valence-corrected chi connectivity index (χ1v) is 8.49. The number of aryl methyl sites for hydroxylation is 1. The van der Waals surface area contributed by atoms with Crippen molar-refractivity contribution in [2.45, 2.75) is 64.8 Å². The molecule has 0 spiro atoms. The minimum absolute atomic E-state index is 0.158. The number of rotatable bonds is 3. The van der Waals surface area contributed by atoms with Crippen molar-refractivity contribution in [3.8, 4) is 5.75 Å². The van der Waals surface area contributed by atoms with Crippen LogP contribution < -0.4 is 10.2 Å². The Morgan fingerprint density at radius 1 is 1.13 bits per heavy atom. The van der Waals surface area contributed by atoms with Crippen LogP contribution in [0.5, 0.6) is 5.75 Å². The van der Waals surface area contributed by atoms with Crippen LogP contribution in [0.4, 0.5) is 0 Å². The van der Waals surface area contributed by atoms with Crippen LogP contribution in [0.1, 0.15) is 46.1 Å². The molecule has 2 saturated heterocycles. The highest BCUT2D eigenvalue weighted by Crippen LogP contribution is 2.36. The number of hydrogen-bond donors (Lipinski definition) is 0. The molecule has 0 saturated carbocycles. The van der Waals surface area contributed by atoms with Crippen molar-refractivity contribution in [2.24, 2.45) is 0 Å². The van der Waals surface area contributed by atoms with Gasteiger partial charge in [-0.2, -0.15) is 0 Å². The van der Waals surface area contributed by atoms with E-state index in [9.17, 15) is 0 Å². The highest BCUT2D eigenvalue weighted by molar-refractivity contribution is 6.62. The van der Waals surface area contributed by atoms with Crippen molar-refractivity contribution in [2.75, 3.05) is 13.2 Å². The van der Waals surface area contributed by atoms with E-state index in [0.717, 1.165) is 36.2 Å². The second kappa shape index (κ2) is 6.12. The molecule has 1 unspecified atom stereocenters. The summed E-state index contributed by atoms with van der Waals surface area (Å²) in [6.07, 6.45) is 2.28. The van der Waals surface area contributed by atoms with E-state index in [1.54, 1.807) is 0 Å². The van der Waals surface area contributed by atoms with Gasteiger partial charge in [-0.3, -0.25) is 0 Å². The van der Waals surface area contributed by atoms with Crippen LogP contribution in [0, 0.1) is 6.92 Å². The Balaban J connectivity index is 1.72. The molecule has 23 heavy (non-hydrogen) atoms. The molecule has 126 valence electrons. The molecule has 2 aliphatic heterocycles. The van der Waals surface area contributed by atoms with E-state index in [2.05, 4.69) is 40.7 Å². The van der Waals surface area contributed by atoms with Gasteiger partial charge in [-0.15, -0.1) is 0 Å². The average Bonchev–Trinajstić information content (AvgIpc) is 2.71. The van der Waals surface area contributed by atoms with Gasteiger partial charge < -0.3 is 18.8 Å². The number of hydrogen-bond acceptors (Lipinski definition) is 4. The molecule has 1 aromatic carbocycles. The molecule has 4 nitrogen and oxygen atoms in total. The van der Waals surface area contributed by atoms with Gasteiger partial charge in [-0.1, -0.05) is 12.1 Å². The van der Waals surface area contributed by atoms with Crippen LogP contribution >= 0.6 is 0 Å². The summed E-state index contributed by atoms with van der Waals surface area (Å²) in [5, 5.41) is 0. The molecule has 0 amide bonds. The van der Waals surface area contributed by atoms with Gasteiger partial charge in [-0.25, -0.2) is 0 Å². The van der Waals surface area contributed by atoms with Crippen LogP contribution in [0.25, 0.3) is 0 Å². The lowest BCUT2D eigenvalue weighted by Crippen LogP contribution is -2.41. The SMILES string of the molecule is Cc1cc(B2OC(C)(C)C(C)(C)O2)ccc1OC1CCCOC1. The summed E-state index contributed by atoms with van der Waals surface area (Å²) >= 11 is 0. The first-order valence-electron chi connectivity index (χ1n) is 8.49. The largest absolute Gasteiger partial charge is 0.494 e. The average molecular weight is 318 g/mol. The minimum Gasteiger partial charge on any atom is -0.488 e. The molecule has 0 aromatic heterocycles. The highest BCUT2D eigenvalue weighted by atomic mass is 16.7. The summed E-state index contributed by atoms with van der Waals surface area (Å²) in [5.41, 5.74) is 1.50. The fraction of sp³-hybridized carbons (Fsp3) is 0.667. The van der Waals surface area contributed by atoms with E-state index in [-0.39, 0.29) is 24.4 Å². The van der Waals surface area contributed by atoms with Crippen molar-refractivity contribution >= 4 is 12.6 Å². The van der Waals surface area contributed by atoms with Gasteiger partial charge in [0.15, 0.2) is 0 Å². The highest BCUT2D eigenvalue weighted by Gasteiger charge is 2.51. The third kappa shape index (κ3) is 3.42. The maximum atomic E-state index is 6.11. The third-order valence-corrected chi connectivity index (χ3v) is 5.14. The van der Waals surface area contributed by atoms with E-state index in [0.29, 0.717) is 6.61 Å². The lowest BCUT2D eigenvalue weighted by Gasteiger charge is -2.32. The fourth-order valence-electron chi connectivity index (χ4n) is 2.91.